The van der Waals surface area contributed by atoms with Crippen molar-refractivity contribution in [2.45, 2.75) is 58.5 Å². The molecular weight excluding hydrogens is 392 g/mol. The van der Waals surface area contributed by atoms with Crippen molar-refractivity contribution in [3.63, 3.8) is 0 Å². The molecule has 1 aromatic rings. The lowest BCUT2D eigenvalue weighted by molar-refractivity contribution is -0.150. The number of ether oxygens (including phenoxy) is 1. The Labute approximate surface area is 174 Å². The molecule has 0 aliphatic rings. The minimum Gasteiger partial charge on any atom is -0.452 e. The molecule has 0 fully saturated rings. The van der Waals surface area contributed by atoms with Crippen LogP contribution in [0.4, 0.5) is 0 Å². The van der Waals surface area contributed by atoms with Crippen LogP contribution in [0.15, 0.2) is 35.2 Å². The first kappa shape index (κ1) is 24.8. The Hall–Kier alpha value is -2.19. The summed E-state index contributed by atoms with van der Waals surface area (Å²) in [6.45, 7) is 11.7. The molecule has 1 aromatic carbocycles. The van der Waals surface area contributed by atoms with E-state index in [-0.39, 0.29) is 29.5 Å². The first-order valence-corrected chi connectivity index (χ1v) is 11.2. The average molecular weight is 425 g/mol. The van der Waals surface area contributed by atoms with Gasteiger partial charge in [-0.05, 0) is 51.5 Å². The summed E-state index contributed by atoms with van der Waals surface area (Å²) in [5.41, 5.74) is 0.651. The highest BCUT2D eigenvalue weighted by Crippen LogP contribution is 2.16. The van der Waals surface area contributed by atoms with Crippen molar-refractivity contribution in [3.8, 4) is 0 Å². The maximum absolute atomic E-state index is 12.5. The predicted molar refractivity (Wildman–Crippen MR) is 114 cm³/mol. The molecule has 0 saturated carbocycles. The molecule has 29 heavy (non-hydrogen) atoms. The molecule has 1 rings (SSSR count). The van der Waals surface area contributed by atoms with Crippen LogP contribution in [0.5, 0.6) is 0 Å². The monoisotopic (exact) mass is 424 g/mol. The summed E-state index contributed by atoms with van der Waals surface area (Å²) in [6.07, 6.45) is 2.74. The Kier molecular flexibility index (Phi) is 9.52. The van der Waals surface area contributed by atoms with Gasteiger partial charge in [0.2, 0.25) is 10.0 Å². The molecule has 0 radical (unpaired) electrons. The topological polar surface area (TPSA) is 84.0 Å². The number of nitrogens with zero attached hydrogens (tertiary/aromatic N) is 2. The summed E-state index contributed by atoms with van der Waals surface area (Å²) in [6, 6.07) is 6.27. The lowest BCUT2D eigenvalue weighted by Gasteiger charge is -2.30. The molecule has 0 bridgehead atoms. The van der Waals surface area contributed by atoms with Crippen LogP contribution in [-0.2, 0) is 24.3 Å². The summed E-state index contributed by atoms with van der Waals surface area (Å²) in [7, 11) is -3.51. The van der Waals surface area contributed by atoms with Gasteiger partial charge in [0.1, 0.15) is 0 Å². The van der Waals surface area contributed by atoms with Gasteiger partial charge < -0.3 is 9.64 Å². The SMILES string of the molecule is CCN(CC)S(=O)(=O)c1ccc(/C=C/C(=O)OCC(=O)N(C(C)C)C(C)C)cc1. The van der Waals surface area contributed by atoms with E-state index in [9.17, 15) is 18.0 Å². The number of hydrogen-bond donors (Lipinski definition) is 0. The second-order valence-corrected chi connectivity index (χ2v) is 9.03. The third-order valence-electron chi connectivity index (χ3n) is 4.37. The maximum Gasteiger partial charge on any atom is 0.331 e. The second kappa shape index (κ2) is 11.1. The first-order chi connectivity index (χ1) is 13.5. The standard InChI is InChI=1S/C21H32N2O5S/c1-7-22(8-2)29(26,27)19-12-9-18(10-13-19)11-14-21(25)28-15-20(24)23(16(3)4)17(5)6/h9-14,16-17H,7-8,15H2,1-6H3/b14-11+. The summed E-state index contributed by atoms with van der Waals surface area (Å²) >= 11 is 0. The molecule has 7 nitrogen and oxygen atoms in total. The van der Waals surface area contributed by atoms with E-state index in [1.54, 1.807) is 30.9 Å². The normalized spacial score (nSPS) is 12.2. The van der Waals surface area contributed by atoms with E-state index < -0.39 is 16.0 Å². The van der Waals surface area contributed by atoms with Crippen LogP contribution in [-0.4, -0.2) is 61.3 Å². The van der Waals surface area contributed by atoms with Gasteiger partial charge in [0.15, 0.2) is 6.61 Å². The molecule has 162 valence electrons. The first-order valence-electron chi connectivity index (χ1n) is 9.80. The lowest BCUT2D eigenvalue weighted by Crippen LogP contribution is -2.44. The van der Waals surface area contributed by atoms with E-state index in [4.69, 9.17) is 4.74 Å². The van der Waals surface area contributed by atoms with Crippen molar-refractivity contribution in [1.29, 1.82) is 0 Å². The van der Waals surface area contributed by atoms with E-state index in [0.717, 1.165) is 0 Å². The second-order valence-electron chi connectivity index (χ2n) is 7.09. The zero-order valence-corrected chi connectivity index (χ0v) is 18.9. The van der Waals surface area contributed by atoms with Crippen LogP contribution in [0.2, 0.25) is 0 Å². The van der Waals surface area contributed by atoms with Crippen molar-refractivity contribution in [2.24, 2.45) is 0 Å². The maximum atomic E-state index is 12.5. The largest absolute Gasteiger partial charge is 0.452 e. The van der Waals surface area contributed by atoms with E-state index in [1.807, 2.05) is 27.7 Å². The Morgan fingerprint density at radius 1 is 1.00 bits per heavy atom. The van der Waals surface area contributed by atoms with E-state index in [0.29, 0.717) is 18.7 Å². The molecule has 1 amide bonds. The van der Waals surface area contributed by atoms with Crippen LogP contribution in [0.25, 0.3) is 6.08 Å². The van der Waals surface area contributed by atoms with E-state index in [2.05, 4.69) is 0 Å². The predicted octanol–water partition coefficient (Wildman–Crippen LogP) is 2.92. The molecule has 8 heteroatoms. The molecule has 0 N–H and O–H groups in total. The van der Waals surface area contributed by atoms with Crippen molar-refractivity contribution < 1.29 is 22.7 Å². The van der Waals surface area contributed by atoms with Gasteiger partial charge in [-0.15, -0.1) is 0 Å². The molecule has 0 aliphatic heterocycles. The smallest absolute Gasteiger partial charge is 0.331 e. The fourth-order valence-electron chi connectivity index (χ4n) is 3.06. The van der Waals surface area contributed by atoms with Gasteiger partial charge >= 0.3 is 5.97 Å². The Bertz CT molecular complexity index is 802. The number of carbonyl (C=O) groups is 2. The van der Waals surface area contributed by atoms with Gasteiger partial charge in [-0.2, -0.15) is 4.31 Å². The number of rotatable bonds is 10. The van der Waals surface area contributed by atoms with Gasteiger partial charge in [0.05, 0.1) is 4.90 Å². The van der Waals surface area contributed by atoms with Crippen molar-refractivity contribution in [2.75, 3.05) is 19.7 Å². The van der Waals surface area contributed by atoms with Gasteiger partial charge in [-0.3, -0.25) is 4.79 Å². The quantitative estimate of drug-likeness (QED) is 0.426. The Morgan fingerprint density at radius 2 is 1.52 bits per heavy atom. The summed E-state index contributed by atoms with van der Waals surface area (Å²) in [5.74, 6) is -0.881. The number of esters is 1. The summed E-state index contributed by atoms with van der Waals surface area (Å²) < 4.78 is 31.3. The minimum atomic E-state index is -3.51. The Morgan fingerprint density at radius 3 is 1.97 bits per heavy atom. The summed E-state index contributed by atoms with van der Waals surface area (Å²) in [5, 5.41) is 0. The molecule has 0 aromatic heterocycles. The number of benzene rings is 1. The fraction of sp³-hybridized carbons (Fsp3) is 0.524. The van der Waals surface area contributed by atoms with Crippen LogP contribution in [0.1, 0.15) is 47.1 Å². The van der Waals surface area contributed by atoms with Crippen molar-refractivity contribution in [1.82, 2.24) is 9.21 Å². The highest BCUT2D eigenvalue weighted by Gasteiger charge is 2.22. The molecule has 0 saturated heterocycles. The van der Waals surface area contributed by atoms with Crippen LogP contribution >= 0.6 is 0 Å². The van der Waals surface area contributed by atoms with Gasteiger partial charge in [0, 0.05) is 31.2 Å². The number of amides is 1. The lowest BCUT2D eigenvalue weighted by atomic mass is 10.2. The number of sulfonamides is 1. The van der Waals surface area contributed by atoms with Crippen LogP contribution in [0.3, 0.4) is 0 Å². The number of hydrogen-bond acceptors (Lipinski definition) is 5. The fourth-order valence-corrected chi connectivity index (χ4v) is 4.51. The highest BCUT2D eigenvalue weighted by molar-refractivity contribution is 7.89. The van der Waals surface area contributed by atoms with Crippen LogP contribution < -0.4 is 0 Å². The van der Waals surface area contributed by atoms with Crippen molar-refractivity contribution >= 4 is 28.0 Å². The Balaban J connectivity index is 2.72. The molecule has 0 heterocycles. The molecule has 0 aliphatic carbocycles. The van der Waals surface area contributed by atoms with E-state index in [1.165, 1.54) is 28.6 Å². The van der Waals surface area contributed by atoms with Gasteiger partial charge in [-0.1, -0.05) is 26.0 Å². The third kappa shape index (κ3) is 6.97. The third-order valence-corrected chi connectivity index (χ3v) is 6.44. The highest BCUT2D eigenvalue weighted by atomic mass is 32.2. The van der Waals surface area contributed by atoms with Crippen LogP contribution in [0, 0.1) is 0 Å². The van der Waals surface area contributed by atoms with Gasteiger partial charge in [-0.25, -0.2) is 13.2 Å². The zero-order chi connectivity index (χ0) is 22.2. The molecule has 0 spiro atoms. The number of carbonyl (C=O) groups excluding carboxylic acids is 2. The van der Waals surface area contributed by atoms with E-state index >= 15 is 0 Å². The molecule has 0 unspecified atom stereocenters. The average Bonchev–Trinajstić information content (AvgIpc) is 2.65. The minimum absolute atomic E-state index is 0.0166. The molecular formula is C21H32N2O5S. The van der Waals surface area contributed by atoms with Crippen molar-refractivity contribution in [3.05, 3.63) is 35.9 Å². The molecule has 0 atom stereocenters. The zero-order valence-electron chi connectivity index (χ0n) is 18.1. The summed E-state index contributed by atoms with van der Waals surface area (Å²) in [4.78, 5) is 26.0. The van der Waals surface area contributed by atoms with Gasteiger partial charge in [0.25, 0.3) is 5.91 Å².